The predicted molar refractivity (Wildman–Crippen MR) is 74.6 cm³/mol. The van der Waals surface area contributed by atoms with Crippen LogP contribution < -0.4 is 0 Å². The number of nitrogens with zero attached hydrogens (tertiary/aromatic N) is 1. The summed E-state index contributed by atoms with van der Waals surface area (Å²) in [7, 11) is 0. The zero-order chi connectivity index (χ0) is 14.1. The number of rotatable bonds is 3. The van der Waals surface area contributed by atoms with E-state index in [1.165, 1.54) is 4.90 Å². The Hall–Kier alpha value is -1.16. The average Bonchev–Trinajstić information content (AvgIpc) is 2.73. The minimum absolute atomic E-state index is 0.0200. The molecule has 4 heteroatoms. The molecule has 0 bridgehead atoms. The van der Waals surface area contributed by atoms with Crippen LogP contribution in [0.25, 0.3) is 0 Å². The molecule has 4 nitrogen and oxygen atoms in total. The molecule has 110 valence electrons. The van der Waals surface area contributed by atoms with E-state index in [2.05, 4.69) is 0 Å². The molecular formula is C16H23NO3. The fraction of sp³-hybridized carbons (Fsp3) is 0.750. The van der Waals surface area contributed by atoms with Gasteiger partial charge in [0.1, 0.15) is 0 Å². The highest BCUT2D eigenvalue weighted by molar-refractivity contribution is 6.05. The average molecular weight is 277 g/mol. The van der Waals surface area contributed by atoms with Crippen LogP contribution in [-0.2, 0) is 9.59 Å². The maximum atomic E-state index is 12.4. The normalized spacial score (nSPS) is 37.4. The molecular weight excluding hydrogens is 254 g/mol. The van der Waals surface area contributed by atoms with Gasteiger partial charge in [-0.1, -0.05) is 25.0 Å². The Balaban J connectivity index is 1.71. The van der Waals surface area contributed by atoms with Crippen molar-refractivity contribution in [3.8, 4) is 0 Å². The second-order valence-corrected chi connectivity index (χ2v) is 6.43. The summed E-state index contributed by atoms with van der Waals surface area (Å²) in [6.07, 6.45) is 9.80. The van der Waals surface area contributed by atoms with Crippen LogP contribution in [0.2, 0.25) is 0 Å². The fourth-order valence-electron chi connectivity index (χ4n) is 4.05. The largest absolute Gasteiger partial charge is 0.396 e. The molecule has 2 fully saturated rings. The van der Waals surface area contributed by atoms with E-state index in [-0.39, 0.29) is 42.1 Å². The molecule has 3 aliphatic rings. The minimum atomic E-state index is -0.122. The lowest BCUT2D eigenvalue weighted by Gasteiger charge is -2.32. The number of allylic oxidation sites excluding steroid dienone is 2. The number of likely N-dealkylation sites (tertiary alicyclic amines) is 1. The van der Waals surface area contributed by atoms with Crippen LogP contribution in [0, 0.1) is 23.7 Å². The molecule has 0 aromatic carbocycles. The van der Waals surface area contributed by atoms with Gasteiger partial charge in [-0.25, -0.2) is 0 Å². The lowest BCUT2D eigenvalue weighted by Crippen LogP contribution is -2.39. The van der Waals surface area contributed by atoms with Gasteiger partial charge in [-0.15, -0.1) is 0 Å². The van der Waals surface area contributed by atoms with Gasteiger partial charge < -0.3 is 5.11 Å². The highest BCUT2D eigenvalue weighted by Crippen LogP contribution is 2.37. The molecule has 0 radical (unpaired) electrons. The number of carbonyl (C=O) groups excluding carboxylic acids is 2. The van der Waals surface area contributed by atoms with Crippen LogP contribution in [0.15, 0.2) is 12.2 Å². The quantitative estimate of drug-likeness (QED) is 0.631. The Morgan fingerprint density at radius 3 is 2.10 bits per heavy atom. The molecule has 1 N–H and O–H groups in total. The smallest absolute Gasteiger partial charge is 0.233 e. The predicted octanol–water partition coefficient (Wildman–Crippen LogP) is 1.74. The van der Waals surface area contributed by atoms with Gasteiger partial charge in [-0.3, -0.25) is 14.5 Å². The number of aliphatic hydroxyl groups excluding tert-OH is 1. The number of aliphatic hydroxyl groups is 1. The van der Waals surface area contributed by atoms with Crippen molar-refractivity contribution in [3.63, 3.8) is 0 Å². The molecule has 4 unspecified atom stereocenters. The number of amides is 2. The van der Waals surface area contributed by atoms with E-state index < -0.39 is 0 Å². The first kappa shape index (κ1) is 13.8. The van der Waals surface area contributed by atoms with E-state index in [0.717, 1.165) is 25.7 Å². The fourth-order valence-corrected chi connectivity index (χ4v) is 4.05. The SMILES string of the molecule is O=C1C2CC=CCC2C(=O)N1CC1CCCCC1CO. The Morgan fingerprint density at radius 1 is 1.00 bits per heavy atom. The van der Waals surface area contributed by atoms with E-state index in [1.54, 1.807) is 0 Å². The molecule has 1 saturated heterocycles. The van der Waals surface area contributed by atoms with Gasteiger partial charge in [-0.2, -0.15) is 0 Å². The van der Waals surface area contributed by atoms with Crippen LogP contribution in [0.4, 0.5) is 0 Å². The van der Waals surface area contributed by atoms with E-state index in [1.807, 2.05) is 12.2 Å². The summed E-state index contributed by atoms with van der Waals surface area (Å²) in [4.78, 5) is 26.4. The molecule has 1 saturated carbocycles. The molecule has 2 amide bonds. The van der Waals surface area contributed by atoms with Crippen molar-refractivity contribution in [2.75, 3.05) is 13.2 Å². The van der Waals surface area contributed by atoms with Gasteiger partial charge in [0.2, 0.25) is 11.8 Å². The monoisotopic (exact) mass is 277 g/mol. The maximum Gasteiger partial charge on any atom is 0.233 e. The second kappa shape index (κ2) is 5.68. The van der Waals surface area contributed by atoms with Gasteiger partial charge >= 0.3 is 0 Å². The summed E-state index contributed by atoms with van der Waals surface area (Å²) in [5, 5.41) is 9.48. The Morgan fingerprint density at radius 2 is 1.55 bits per heavy atom. The first-order valence-electron chi connectivity index (χ1n) is 7.83. The van der Waals surface area contributed by atoms with E-state index in [0.29, 0.717) is 19.4 Å². The van der Waals surface area contributed by atoms with Gasteiger partial charge in [-0.05, 0) is 37.5 Å². The zero-order valence-electron chi connectivity index (χ0n) is 11.8. The Labute approximate surface area is 119 Å². The van der Waals surface area contributed by atoms with E-state index in [4.69, 9.17) is 0 Å². The summed E-state index contributed by atoms with van der Waals surface area (Å²) in [5.41, 5.74) is 0. The van der Waals surface area contributed by atoms with Crippen LogP contribution in [0.3, 0.4) is 0 Å². The third kappa shape index (κ3) is 2.30. The third-order valence-corrected chi connectivity index (χ3v) is 5.32. The van der Waals surface area contributed by atoms with Gasteiger partial charge in [0, 0.05) is 13.2 Å². The molecule has 4 atom stereocenters. The number of imide groups is 1. The highest BCUT2D eigenvalue weighted by atomic mass is 16.3. The number of hydrogen-bond donors (Lipinski definition) is 1. The summed E-state index contributed by atoms with van der Waals surface area (Å²) >= 11 is 0. The molecule has 0 aromatic rings. The van der Waals surface area contributed by atoms with Crippen molar-refractivity contribution >= 4 is 11.8 Å². The van der Waals surface area contributed by atoms with Crippen LogP contribution in [0.5, 0.6) is 0 Å². The lowest BCUT2D eigenvalue weighted by atomic mass is 9.79. The van der Waals surface area contributed by atoms with Gasteiger partial charge in [0.15, 0.2) is 0 Å². The molecule has 20 heavy (non-hydrogen) atoms. The van der Waals surface area contributed by atoms with Crippen LogP contribution in [-0.4, -0.2) is 35.0 Å². The molecule has 3 rings (SSSR count). The topological polar surface area (TPSA) is 57.6 Å². The van der Waals surface area contributed by atoms with Crippen molar-refractivity contribution in [2.45, 2.75) is 38.5 Å². The second-order valence-electron chi connectivity index (χ2n) is 6.43. The van der Waals surface area contributed by atoms with Crippen molar-refractivity contribution in [1.29, 1.82) is 0 Å². The molecule has 2 aliphatic carbocycles. The summed E-state index contributed by atoms with van der Waals surface area (Å²) < 4.78 is 0. The first-order valence-corrected chi connectivity index (χ1v) is 7.83. The van der Waals surface area contributed by atoms with Crippen LogP contribution >= 0.6 is 0 Å². The third-order valence-electron chi connectivity index (χ3n) is 5.32. The van der Waals surface area contributed by atoms with E-state index >= 15 is 0 Å². The maximum absolute atomic E-state index is 12.4. The van der Waals surface area contributed by atoms with Crippen molar-refractivity contribution < 1.29 is 14.7 Å². The highest BCUT2D eigenvalue weighted by Gasteiger charge is 2.48. The Kier molecular flexibility index (Phi) is 3.92. The van der Waals surface area contributed by atoms with Crippen molar-refractivity contribution in [2.24, 2.45) is 23.7 Å². The first-order chi connectivity index (χ1) is 9.72. The molecule has 1 heterocycles. The van der Waals surface area contributed by atoms with Gasteiger partial charge in [0.05, 0.1) is 11.8 Å². The number of hydrogen-bond acceptors (Lipinski definition) is 3. The number of fused-ring (bicyclic) bond motifs is 1. The zero-order valence-corrected chi connectivity index (χ0v) is 11.8. The van der Waals surface area contributed by atoms with Crippen LogP contribution in [0.1, 0.15) is 38.5 Å². The van der Waals surface area contributed by atoms with Gasteiger partial charge in [0.25, 0.3) is 0 Å². The summed E-state index contributed by atoms with van der Waals surface area (Å²) in [6, 6.07) is 0. The van der Waals surface area contributed by atoms with E-state index in [9.17, 15) is 14.7 Å². The van der Waals surface area contributed by atoms with Crippen molar-refractivity contribution in [1.82, 2.24) is 4.90 Å². The molecule has 1 aliphatic heterocycles. The summed E-state index contributed by atoms with van der Waals surface area (Å²) in [5.74, 6) is 0.338. The molecule has 0 aromatic heterocycles. The number of carbonyl (C=O) groups is 2. The lowest BCUT2D eigenvalue weighted by molar-refractivity contribution is -0.141. The minimum Gasteiger partial charge on any atom is -0.396 e. The molecule has 0 spiro atoms. The Bertz CT molecular complexity index is 405. The van der Waals surface area contributed by atoms with Crippen molar-refractivity contribution in [3.05, 3.63) is 12.2 Å². The standard InChI is InChI=1S/C16H23NO3/c18-10-12-6-2-1-5-11(12)9-17-15(19)13-7-3-4-8-14(13)16(17)20/h3-4,11-14,18H,1-2,5-10H2. The summed E-state index contributed by atoms with van der Waals surface area (Å²) in [6.45, 7) is 0.700.